The Morgan fingerprint density at radius 1 is 1.21 bits per heavy atom. The van der Waals surface area contributed by atoms with E-state index in [2.05, 4.69) is 18.1 Å². The first-order valence-electron chi connectivity index (χ1n) is 13.9. The minimum atomic E-state index is -0.668. The number of hydrogen-bond acceptors (Lipinski definition) is 7. The molecule has 0 saturated carbocycles. The van der Waals surface area contributed by atoms with E-state index in [1.54, 1.807) is 36.1 Å². The fourth-order valence-electron chi connectivity index (χ4n) is 5.41. The molecule has 222 valence electrons. The molecule has 0 unspecified atom stereocenters. The first kappa shape index (κ1) is 29.9. The van der Waals surface area contributed by atoms with E-state index in [1.807, 2.05) is 25.7 Å². The largest absolute Gasteiger partial charge is 0.464 e. The lowest BCUT2D eigenvalue weighted by Crippen LogP contribution is -2.54. The number of carbonyl (C=O) groups excluding carboxylic acids is 1. The Kier molecular flexibility index (Phi) is 8.07. The van der Waals surface area contributed by atoms with Gasteiger partial charge in [-0.15, -0.1) is 0 Å². The number of anilines is 1. The third-order valence-corrected chi connectivity index (χ3v) is 8.02. The molecule has 4 heterocycles. The first-order valence-corrected chi connectivity index (χ1v) is 14.3. The molecule has 1 fully saturated rings. The van der Waals surface area contributed by atoms with E-state index in [4.69, 9.17) is 26.4 Å². The van der Waals surface area contributed by atoms with Crippen LogP contribution in [0.5, 0.6) is 0 Å². The van der Waals surface area contributed by atoms with E-state index in [1.165, 1.54) is 23.0 Å². The number of benzene rings is 1. The number of furan rings is 1. The predicted octanol–water partition coefficient (Wildman–Crippen LogP) is 6.31. The topological polar surface area (TPSA) is 108 Å². The lowest BCUT2D eigenvalue weighted by molar-refractivity contribution is -0.126. The molecule has 1 amide bonds. The van der Waals surface area contributed by atoms with Crippen LogP contribution in [0.25, 0.3) is 39.0 Å². The predicted molar refractivity (Wildman–Crippen MR) is 169 cm³/mol. The zero-order chi connectivity index (χ0) is 31.2. The van der Waals surface area contributed by atoms with Gasteiger partial charge in [0.1, 0.15) is 17.2 Å². The van der Waals surface area contributed by atoms with E-state index < -0.39 is 11.5 Å². The molecule has 5 rings (SSSR count). The number of fused-ring (bicyclic) bond motifs is 2. The van der Waals surface area contributed by atoms with Crippen molar-refractivity contribution in [1.29, 1.82) is 5.41 Å². The first-order chi connectivity index (χ1) is 20.5. The number of halogens is 2. The normalized spacial score (nSPS) is 16.1. The number of aromatic nitrogens is 3. The SMILES string of the molecule is C=CC(=O)N1CCN(c2nc(=O)n(/C(C(=N)C(C)C)=C(\C)C=C)c3nc(-c4c(F)ccc5ccoc45)c(Cl)cc23)[C@@H](C)C1. The second-order valence-corrected chi connectivity index (χ2v) is 11.2. The molecule has 1 aliphatic rings. The summed E-state index contributed by atoms with van der Waals surface area (Å²) in [6.07, 6.45) is 4.30. The van der Waals surface area contributed by atoms with E-state index in [-0.39, 0.29) is 56.8 Å². The molecule has 0 spiro atoms. The average molecular weight is 603 g/mol. The maximum Gasteiger partial charge on any atom is 0.355 e. The van der Waals surface area contributed by atoms with Crippen LogP contribution >= 0.6 is 11.6 Å². The molecule has 0 aliphatic carbocycles. The van der Waals surface area contributed by atoms with Crippen molar-refractivity contribution in [2.45, 2.75) is 33.7 Å². The summed E-state index contributed by atoms with van der Waals surface area (Å²) in [4.78, 5) is 39.2. The van der Waals surface area contributed by atoms with Crippen molar-refractivity contribution in [1.82, 2.24) is 19.4 Å². The van der Waals surface area contributed by atoms with Crippen LogP contribution < -0.4 is 10.6 Å². The number of pyridine rings is 1. The zero-order valence-electron chi connectivity index (χ0n) is 24.4. The van der Waals surface area contributed by atoms with E-state index in [0.717, 1.165) is 0 Å². The summed E-state index contributed by atoms with van der Waals surface area (Å²) in [6, 6.07) is 6.03. The molecule has 43 heavy (non-hydrogen) atoms. The van der Waals surface area contributed by atoms with Gasteiger partial charge in [-0.05, 0) is 55.7 Å². The summed E-state index contributed by atoms with van der Waals surface area (Å²) in [6.45, 7) is 16.0. The molecule has 1 saturated heterocycles. The van der Waals surface area contributed by atoms with Crippen molar-refractivity contribution in [3.05, 3.63) is 82.7 Å². The molecule has 1 atom stereocenters. The van der Waals surface area contributed by atoms with Gasteiger partial charge in [-0.2, -0.15) is 4.98 Å². The Morgan fingerprint density at radius 2 is 1.95 bits per heavy atom. The molecular weight excluding hydrogens is 571 g/mol. The van der Waals surface area contributed by atoms with Gasteiger partial charge in [0.05, 0.1) is 39.3 Å². The molecule has 3 aromatic heterocycles. The van der Waals surface area contributed by atoms with Crippen LogP contribution in [0.3, 0.4) is 0 Å². The number of nitrogens with one attached hydrogen (secondary N) is 1. The molecule has 1 aromatic carbocycles. The lowest BCUT2D eigenvalue weighted by atomic mass is 10.0. The van der Waals surface area contributed by atoms with Crippen molar-refractivity contribution >= 4 is 56.7 Å². The number of rotatable bonds is 7. The van der Waals surface area contributed by atoms with Crippen LogP contribution in [0, 0.1) is 17.1 Å². The average Bonchev–Trinajstić information content (AvgIpc) is 3.46. The number of hydrogen-bond donors (Lipinski definition) is 1. The highest BCUT2D eigenvalue weighted by Gasteiger charge is 2.31. The van der Waals surface area contributed by atoms with E-state index in [0.29, 0.717) is 41.8 Å². The summed E-state index contributed by atoms with van der Waals surface area (Å²) in [5, 5.41) is 10.1. The summed E-state index contributed by atoms with van der Waals surface area (Å²) in [5.74, 6) is -0.684. The highest BCUT2D eigenvalue weighted by molar-refractivity contribution is 6.34. The van der Waals surface area contributed by atoms with E-state index in [9.17, 15) is 9.59 Å². The number of allylic oxidation sites excluding steroid dienone is 3. The molecule has 1 aliphatic heterocycles. The maximum atomic E-state index is 15.4. The van der Waals surface area contributed by atoms with Crippen LogP contribution in [0.15, 0.2) is 70.6 Å². The van der Waals surface area contributed by atoms with Crippen LogP contribution in [0.1, 0.15) is 27.7 Å². The molecule has 0 radical (unpaired) electrons. The monoisotopic (exact) mass is 602 g/mol. The van der Waals surface area contributed by atoms with Crippen molar-refractivity contribution < 1.29 is 13.6 Å². The Bertz CT molecular complexity index is 1910. The summed E-state index contributed by atoms with van der Waals surface area (Å²) in [5.41, 5.74) is 0.916. The summed E-state index contributed by atoms with van der Waals surface area (Å²) in [7, 11) is 0. The molecule has 11 heteroatoms. The Hall–Kier alpha value is -4.57. The van der Waals surface area contributed by atoms with Gasteiger partial charge in [0.15, 0.2) is 5.65 Å². The van der Waals surface area contributed by atoms with Crippen molar-refractivity contribution in [3.63, 3.8) is 0 Å². The third-order valence-electron chi connectivity index (χ3n) is 7.73. The second-order valence-electron chi connectivity index (χ2n) is 10.8. The fourth-order valence-corrected chi connectivity index (χ4v) is 5.66. The summed E-state index contributed by atoms with van der Waals surface area (Å²) >= 11 is 6.84. The Balaban J connectivity index is 1.85. The maximum absolute atomic E-state index is 15.4. The zero-order valence-corrected chi connectivity index (χ0v) is 25.2. The molecule has 1 N–H and O–H groups in total. The quantitative estimate of drug-likeness (QED) is 0.151. The van der Waals surface area contributed by atoms with E-state index >= 15 is 4.39 Å². The van der Waals surface area contributed by atoms with Crippen molar-refractivity contribution in [3.8, 4) is 11.3 Å². The van der Waals surface area contributed by atoms with Gasteiger partial charge >= 0.3 is 5.69 Å². The molecule has 4 aromatic rings. The molecule has 0 bridgehead atoms. The molecular formula is C32H32ClFN6O3. The van der Waals surface area contributed by atoms with Crippen molar-refractivity contribution in [2.75, 3.05) is 24.5 Å². The van der Waals surface area contributed by atoms with Crippen LogP contribution in [0.2, 0.25) is 5.02 Å². The van der Waals surface area contributed by atoms with Crippen LogP contribution in [-0.4, -0.2) is 56.7 Å². The third kappa shape index (κ3) is 5.16. The lowest BCUT2D eigenvalue weighted by Gasteiger charge is -2.40. The van der Waals surface area contributed by atoms with Gasteiger partial charge in [0.25, 0.3) is 0 Å². The standard InChI is InChI=1S/C32H32ClFN6O3/c1-7-18(5)28(26(35)17(3)4)40-31-21(30(37-32(40)42)39-13-12-38(16-19(39)6)24(41)8-2)15-22(33)27(36-31)25-23(34)10-9-20-11-14-43-29(20)25/h7-11,14-15,17,19,35H,1-2,12-13,16H2,3-6H3/b28-18+,35-26?/t19-/m0/s1. The van der Waals surface area contributed by atoms with Gasteiger partial charge in [-0.1, -0.05) is 44.7 Å². The highest BCUT2D eigenvalue weighted by Crippen LogP contribution is 2.39. The van der Waals surface area contributed by atoms with Gasteiger partial charge in [0, 0.05) is 31.1 Å². The van der Waals surface area contributed by atoms with Gasteiger partial charge < -0.3 is 19.6 Å². The summed E-state index contributed by atoms with van der Waals surface area (Å²) < 4.78 is 22.3. The number of nitrogens with zero attached hydrogens (tertiary/aromatic N) is 5. The fraction of sp³-hybridized carbons (Fsp3) is 0.281. The number of piperazine rings is 1. The van der Waals surface area contributed by atoms with Crippen LogP contribution in [0.4, 0.5) is 10.2 Å². The van der Waals surface area contributed by atoms with Gasteiger partial charge in [0.2, 0.25) is 5.91 Å². The Morgan fingerprint density at radius 3 is 2.60 bits per heavy atom. The minimum Gasteiger partial charge on any atom is -0.464 e. The Labute approximate surface area is 253 Å². The number of carbonyl (C=O) groups is 1. The second kappa shape index (κ2) is 11.6. The van der Waals surface area contributed by atoms with Crippen molar-refractivity contribution in [2.24, 2.45) is 5.92 Å². The minimum absolute atomic E-state index is 0.0570. The van der Waals surface area contributed by atoms with Gasteiger partial charge in [-0.25, -0.2) is 18.7 Å². The smallest absolute Gasteiger partial charge is 0.355 e. The van der Waals surface area contributed by atoms with Gasteiger partial charge in [-0.3, -0.25) is 4.79 Å². The highest BCUT2D eigenvalue weighted by atomic mass is 35.5. The molecule has 9 nitrogen and oxygen atoms in total. The van der Waals surface area contributed by atoms with Crippen LogP contribution in [-0.2, 0) is 4.79 Å². The number of amides is 1.